The number of nitrogens with zero attached hydrogens (tertiary/aromatic N) is 4. The van der Waals surface area contributed by atoms with E-state index in [0.29, 0.717) is 11.1 Å². The van der Waals surface area contributed by atoms with Gasteiger partial charge in [0.15, 0.2) is 0 Å². The third-order valence-electron chi connectivity index (χ3n) is 2.05. The Bertz CT molecular complexity index is 470. The van der Waals surface area contributed by atoms with Crippen molar-refractivity contribution in [3.63, 3.8) is 0 Å². The Morgan fingerprint density at radius 3 is 1.30 bits per heavy atom. The molecule has 0 saturated heterocycles. The molecule has 4 heteroatoms. The van der Waals surface area contributed by atoms with Crippen LogP contribution in [-0.4, -0.2) is 38.0 Å². The number of hydrogen-bond acceptors (Lipinski definition) is 4. The van der Waals surface area contributed by atoms with E-state index in [2.05, 4.69) is 0 Å². The Labute approximate surface area is 121 Å². The van der Waals surface area contributed by atoms with E-state index in [9.17, 15) is 0 Å². The molecule has 0 atom stereocenters. The van der Waals surface area contributed by atoms with Crippen molar-refractivity contribution >= 4 is 0 Å². The predicted octanol–water partition coefficient (Wildman–Crippen LogP) is 2.59. The molecule has 0 saturated carbocycles. The molecule has 0 rings (SSSR count). The Kier molecular flexibility index (Phi) is 8.83. The van der Waals surface area contributed by atoms with Gasteiger partial charge < -0.3 is 9.80 Å². The van der Waals surface area contributed by atoms with Crippen LogP contribution >= 0.6 is 0 Å². The van der Waals surface area contributed by atoms with E-state index in [1.54, 1.807) is 24.3 Å². The average Bonchev–Trinajstić information content (AvgIpc) is 2.39. The molecule has 0 bridgehead atoms. The van der Waals surface area contributed by atoms with Crippen molar-refractivity contribution in [2.45, 2.75) is 0 Å². The summed E-state index contributed by atoms with van der Waals surface area (Å²) in [6, 6.07) is 4.06. The van der Waals surface area contributed by atoms with Crippen LogP contribution in [0.25, 0.3) is 0 Å². The van der Waals surface area contributed by atoms with Gasteiger partial charge in [-0.3, -0.25) is 0 Å². The molecule has 0 aromatic rings. The molecule has 0 aliphatic rings. The molecular formula is C16H20N4. The zero-order chi connectivity index (χ0) is 15.4. The van der Waals surface area contributed by atoms with Crippen LogP contribution in [0.4, 0.5) is 0 Å². The first kappa shape index (κ1) is 17.3. The van der Waals surface area contributed by atoms with Gasteiger partial charge >= 0.3 is 0 Å². The first-order valence-corrected chi connectivity index (χ1v) is 6.08. The van der Waals surface area contributed by atoms with Gasteiger partial charge in [0.1, 0.15) is 12.1 Å². The summed E-state index contributed by atoms with van der Waals surface area (Å²) >= 11 is 0. The molecule has 4 nitrogen and oxygen atoms in total. The maximum atomic E-state index is 9.08. The number of rotatable bonds is 6. The molecule has 104 valence electrons. The Hall–Kier alpha value is -2.72. The number of allylic oxidation sites excluding steroid dienone is 8. The molecule has 0 spiro atoms. The number of nitriles is 2. The van der Waals surface area contributed by atoms with Crippen LogP contribution in [0, 0.1) is 22.7 Å². The van der Waals surface area contributed by atoms with Gasteiger partial charge in [0.05, 0.1) is 11.1 Å². The zero-order valence-electron chi connectivity index (χ0n) is 12.4. The standard InChI is InChI=1S/C16H20N4/c1-19(2)11-7-5-9-15(13-17)16(14-18)10-6-8-12-20(3)4/h5-12H,1-4H3/b9-5+,10-6+,11-7+,12-8+,16-15+. The lowest BCUT2D eigenvalue weighted by atomic mass is 10.1. The second kappa shape index (κ2) is 10.2. The van der Waals surface area contributed by atoms with E-state index in [4.69, 9.17) is 10.5 Å². The fourth-order valence-corrected chi connectivity index (χ4v) is 1.12. The predicted molar refractivity (Wildman–Crippen MR) is 82.2 cm³/mol. The van der Waals surface area contributed by atoms with Crippen LogP contribution in [0.15, 0.2) is 60.0 Å². The fourth-order valence-electron chi connectivity index (χ4n) is 1.12. The highest BCUT2D eigenvalue weighted by Crippen LogP contribution is 2.07. The molecule has 0 aromatic carbocycles. The van der Waals surface area contributed by atoms with Crippen molar-refractivity contribution in [1.29, 1.82) is 10.5 Å². The SMILES string of the molecule is CN(C)/C=C/C=C/C(C#N)=C(C#N)/C=C/C=C/N(C)C. The molecular weight excluding hydrogens is 248 g/mol. The monoisotopic (exact) mass is 268 g/mol. The lowest BCUT2D eigenvalue weighted by Crippen LogP contribution is -1.99. The van der Waals surface area contributed by atoms with E-state index in [1.807, 2.05) is 74.7 Å². The largest absolute Gasteiger partial charge is 0.383 e. The van der Waals surface area contributed by atoms with Gasteiger partial charge in [-0.25, -0.2) is 0 Å². The highest BCUT2D eigenvalue weighted by Gasteiger charge is 1.97. The van der Waals surface area contributed by atoms with E-state index in [1.165, 1.54) is 0 Å². The van der Waals surface area contributed by atoms with Gasteiger partial charge in [0, 0.05) is 28.2 Å². The van der Waals surface area contributed by atoms with Crippen LogP contribution < -0.4 is 0 Å². The van der Waals surface area contributed by atoms with Gasteiger partial charge in [0.2, 0.25) is 0 Å². The van der Waals surface area contributed by atoms with E-state index in [0.717, 1.165) is 0 Å². The normalized spacial score (nSPS) is 12.9. The van der Waals surface area contributed by atoms with Crippen molar-refractivity contribution in [3.8, 4) is 12.1 Å². The first-order valence-electron chi connectivity index (χ1n) is 6.08. The van der Waals surface area contributed by atoms with Gasteiger partial charge in [-0.2, -0.15) is 10.5 Å². The summed E-state index contributed by atoms with van der Waals surface area (Å²) in [4.78, 5) is 3.77. The van der Waals surface area contributed by atoms with Crippen LogP contribution in [0.5, 0.6) is 0 Å². The van der Waals surface area contributed by atoms with Crippen LogP contribution in [-0.2, 0) is 0 Å². The van der Waals surface area contributed by atoms with Crippen molar-refractivity contribution in [1.82, 2.24) is 9.80 Å². The third-order valence-corrected chi connectivity index (χ3v) is 2.05. The molecule has 20 heavy (non-hydrogen) atoms. The Balaban J connectivity index is 5.02. The van der Waals surface area contributed by atoms with Gasteiger partial charge in [-0.1, -0.05) is 12.2 Å². The molecule has 0 aliphatic heterocycles. The maximum Gasteiger partial charge on any atom is 0.101 e. The summed E-state index contributed by atoms with van der Waals surface area (Å²) in [6.07, 6.45) is 14.0. The Morgan fingerprint density at radius 1 is 0.700 bits per heavy atom. The molecule has 0 radical (unpaired) electrons. The van der Waals surface area contributed by atoms with Gasteiger partial charge in [-0.05, 0) is 36.7 Å². The quantitative estimate of drug-likeness (QED) is 0.549. The van der Waals surface area contributed by atoms with Crippen molar-refractivity contribution in [3.05, 3.63) is 60.0 Å². The lowest BCUT2D eigenvalue weighted by Gasteiger charge is -2.01. The summed E-state index contributed by atoms with van der Waals surface area (Å²) in [5.41, 5.74) is 0.677. The highest BCUT2D eigenvalue weighted by molar-refractivity contribution is 5.50. The summed E-state index contributed by atoms with van der Waals surface area (Å²) in [5, 5.41) is 18.2. The summed E-state index contributed by atoms with van der Waals surface area (Å²) in [7, 11) is 7.63. The van der Waals surface area contributed by atoms with Crippen molar-refractivity contribution < 1.29 is 0 Å². The van der Waals surface area contributed by atoms with Crippen LogP contribution in [0.3, 0.4) is 0 Å². The zero-order valence-corrected chi connectivity index (χ0v) is 12.4. The lowest BCUT2D eigenvalue weighted by molar-refractivity contribution is 0.564. The van der Waals surface area contributed by atoms with Crippen molar-refractivity contribution in [2.24, 2.45) is 0 Å². The second-order valence-corrected chi connectivity index (χ2v) is 4.38. The fraction of sp³-hybridized carbons (Fsp3) is 0.250. The highest BCUT2D eigenvalue weighted by atomic mass is 15.0. The summed E-state index contributed by atoms with van der Waals surface area (Å²) in [5.74, 6) is 0. The molecule has 0 heterocycles. The minimum Gasteiger partial charge on any atom is -0.383 e. The smallest absolute Gasteiger partial charge is 0.101 e. The van der Waals surface area contributed by atoms with E-state index < -0.39 is 0 Å². The summed E-state index contributed by atoms with van der Waals surface area (Å²) < 4.78 is 0. The topological polar surface area (TPSA) is 54.1 Å². The minimum atomic E-state index is 0.338. The van der Waals surface area contributed by atoms with Crippen LogP contribution in [0.2, 0.25) is 0 Å². The second-order valence-electron chi connectivity index (χ2n) is 4.38. The van der Waals surface area contributed by atoms with Gasteiger partial charge in [0.25, 0.3) is 0 Å². The third kappa shape index (κ3) is 8.38. The molecule has 0 amide bonds. The Morgan fingerprint density at radius 2 is 1.05 bits per heavy atom. The molecule has 0 unspecified atom stereocenters. The average molecular weight is 268 g/mol. The molecule has 0 aliphatic carbocycles. The molecule has 0 fully saturated rings. The number of hydrogen-bond donors (Lipinski definition) is 0. The van der Waals surface area contributed by atoms with Crippen molar-refractivity contribution in [2.75, 3.05) is 28.2 Å². The van der Waals surface area contributed by atoms with Crippen LogP contribution in [0.1, 0.15) is 0 Å². The molecule has 0 aromatic heterocycles. The molecule has 0 N–H and O–H groups in total. The van der Waals surface area contributed by atoms with E-state index in [-0.39, 0.29) is 0 Å². The van der Waals surface area contributed by atoms with E-state index >= 15 is 0 Å². The first-order chi connectivity index (χ1) is 9.51. The summed E-state index contributed by atoms with van der Waals surface area (Å²) in [6.45, 7) is 0. The maximum absolute atomic E-state index is 9.08. The minimum absolute atomic E-state index is 0.338. The van der Waals surface area contributed by atoms with Gasteiger partial charge in [-0.15, -0.1) is 0 Å².